The summed E-state index contributed by atoms with van der Waals surface area (Å²) in [7, 11) is 0. The van der Waals surface area contributed by atoms with Crippen LogP contribution in [0, 0.1) is 0 Å². The minimum atomic E-state index is 0.361. The Hall–Kier alpha value is -1.08. The Morgan fingerprint density at radius 1 is 1.58 bits per heavy atom. The van der Waals surface area contributed by atoms with Crippen molar-refractivity contribution in [3.63, 3.8) is 0 Å². The molecule has 1 aromatic carbocycles. The molecule has 0 amide bonds. The van der Waals surface area contributed by atoms with Gasteiger partial charge in [-0.15, -0.1) is 0 Å². The van der Waals surface area contributed by atoms with Crippen LogP contribution in [-0.2, 0) is 4.79 Å². The summed E-state index contributed by atoms with van der Waals surface area (Å²) in [6.07, 6.45) is 1.20. The maximum Gasteiger partial charge on any atom is 0.124 e. The Kier molecular flexibility index (Phi) is 3.06. The third kappa shape index (κ3) is 2.21. The van der Waals surface area contributed by atoms with Gasteiger partial charge in [0.1, 0.15) is 6.29 Å². The summed E-state index contributed by atoms with van der Waals surface area (Å²) in [5.74, 6) is 0. The molecule has 1 nitrogen and oxygen atoms in total. The summed E-state index contributed by atoms with van der Waals surface area (Å²) in [6, 6.07) is 7.32. The van der Waals surface area contributed by atoms with Gasteiger partial charge < -0.3 is 4.79 Å². The molecular formula is C10H9ClO. The topological polar surface area (TPSA) is 17.1 Å². The molecule has 0 aromatic heterocycles. The lowest BCUT2D eigenvalue weighted by Crippen LogP contribution is -1.83. The van der Waals surface area contributed by atoms with Gasteiger partial charge in [0.2, 0.25) is 0 Å². The molecule has 0 saturated heterocycles. The van der Waals surface area contributed by atoms with Crippen LogP contribution in [0.1, 0.15) is 12.0 Å². The van der Waals surface area contributed by atoms with Crippen LogP contribution < -0.4 is 0 Å². The molecule has 0 radical (unpaired) electrons. The van der Waals surface area contributed by atoms with Gasteiger partial charge in [0.05, 0.1) is 0 Å². The first-order valence-electron chi connectivity index (χ1n) is 3.61. The number of carbonyl (C=O) groups excluding carboxylic acids is 1. The maximum absolute atomic E-state index is 10.2. The molecule has 0 aliphatic carbocycles. The van der Waals surface area contributed by atoms with Crippen LogP contribution in [0.15, 0.2) is 30.8 Å². The molecule has 1 aromatic rings. The van der Waals surface area contributed by atoms with Gasteiger partial charge in [-0.1, -0.05) is 30.3 Å². The Morgan fingerprint density at radius 3 is 2.92 bits per heavy atom. The summed E-state index contributed by atoms with van der Waals surface area (Å²) in [4.78, 5) is 10.2. The minimum Gasteiger partial charge on any atom is -0.303 e. The van der Waals surface area contributed by atoms with E-state index in [1.807, 2.05) is 12.1 Å². The van der Waals surface area contributed by atoms with Crippen LogP contribution in [0.2, 0.25) is 5.02 Å². The first-order chi connectivity index (χ1) is 5.74. The standard InChI is InChI=1S/C10H9ClO/c1-8(5-6-12)9-3-2-4-10(11)7-9/h2-4,6-7H,1,5H2. The van der Waals surface area contributed by atoms with E-state index in [0.717, 1.165) is 17.4 Å². The van der Waals surface area contributed by atoms with Crippen molar-refractivity contribution in [2.24, 2.45) is 0 Å². The van der Waals surface area contributed by atoms with E-state index in [4.69, 9.17) is 11.6 Å². The number of carbonyl (C=O) groups is 1. The van der Waals surface area contributed by atoms with E-state index in [0.29, 0.717) is 11.4 Å². The molecule has 2 heteroatoms. The molecular weight excluding hydrogens is 172 g/mol. The fourth-order valence-electron chi connectivity index (χ4n) is 0.927. The molecule has 0 atom stereocenters. The molecule has 1 rings (SSSR count). The highest BCUT2D eigenvalue weighted by molar-refractivity contribution is 6.30. The lowest BCUT2D eigenvalue weighted by Gasteiger charge is -2.00. The quantitative estimate of drug-likeness (QED) is 0.654. The van der Waals surface area contributed by atoms with Gasteiger partial charge in [0, 0.05) is 11.4 Å². The van der Waals surface area contributed by atoms with Crippen molar-refractivity contribution in [3.05, 3.63) is 41.4 Å². The van der Waals surface area contributed by atoms with Crippen molar-refractivity contribution in [1.82, 2.24) is 0 Å². The number of benzene rings is 1. The second kappa shape index (κ2) is 4.07. The number of allylic oxidation sites excluding steroid dienone is 1. The van der Waals surface area contributed by atoms with Gasteiger partial charge in [0.25, 0.3) is 0 Å². The molecule has 0 bridgehead atoms. The van der Waals surface area contributed by atoms with E-state index >= 15 is 0 Å². The Bertz CT molecular complexity index is 304. The van der Waals surface area contributed by atoms with Crippen LogP contribution in [0.3, 0.4) is 0 Å². The Labute approximate surface area is 76.7 Å². The van der Waals surface area contributed by atoms with Crippen LogP contribution in [0.5, 0.6) is 0 Å². The summed E-state index contributed by atoms with van der Waals surface area (Å²) in [5.41, 5.74) is 1.72. The highest BCUT2D eigenvalue weighted by Crippen LogP contribution is 2.18. The normalized spacial score (nSPS) is 9.42. The molecule has 62 valence electrons. The SMILES string of the molecule is C=C(CC=O)c1cccc(Cl)c1. The summed E-state index contributed by atoms with van der Waals surface area (Å²) < 4.78 is 0. The predicted molar refractivity (Wildman–Crippen MR) is 51.2 cm³/mol. The molecule has 0 heterocycles. The second-order valence-corrected chi connectivity index (χ2v) is 2.92. The number of halogens is 1. The third-order valence-electron chi connectivity index (χ3n) is 1.56. The zero-order valence-corrected chi connectivity index (χ0v) is 7.34. The summed E-state index contributed by atoms with van der Waals surface area (Å²) in [6.45, 7) is 3.77. The lowest BCUT2D eigenvalue weighted by molar-refractivity contribution is -0.107. The van der Waals surface area contributed by atoms with E-state index in [9.17, 15) is 4.79 Å². The first-order valence-corrected chi connectivity index (χ1v) is 3.99. The average Bonchev–Trinajstić information content (AvgIpc) is 2.05. The lowest BCUT2D eigenvalue weighted by atomic mass is 10.1. The molecule has 0 N–H and O–H groups in total. The zero-order valence-electron chi connectivity index (χ0n) is 6.59. The van der Waals surface area contributed by atoms with Gasteiger partial charge >= 0.3 is 0 Å². The predicted octanol–water partition coefficient (Wildman–Crippen LogP) is 2.94. The molecule has 0 aliphatic rings. The zero-order chi connectivity index (χ0) is 8.97. The third-order valence-corrected chi connectivity index (χ3v) is 1.80. The van der Waals surface area contributed by atoms with Gasteiger partial charge in [-0.2, -0.15) is 0 Å². The minimum absolute atomic E-state index is 0.361. The molecule has 0 spiro atoms. The van der Waals surface area contributed by atoms with Crippen molar-refractivity contribution in [3.8, 4) is 0 Å². The molecule has 0 aliphatic heterocycles. The van der Waals surface area contributed by atoms with Gasteiger partial charge in [-0.05, 0) is 23.3 Å². The largest absolute Gasteiger partial charge is 0.303 e. The smallest absolute Gasteiger partial charge is 0.124 e. The van der Waals surface area contributed by atoms with Crippen LogP contribution in [-0.4, -0.2) is 6.29 Å². The number of hydrogen-bond acceptors (Lipinski definition) is 1. The maximum atomic E-state index is 10.2. The molecule has 0 fully saturated rings. The monoisotopic (exact) mass is 180 g/mol. The number of rotatable bonds is 3. The van der Waals surface area contributed by atoms with Crippen LogP contribution in [0.4, 0.5) is 0 Å². The fourth-order valence-corrected chi connectivity index (χ4v) is 1.12. The van der Waals surface area contributed by atoms with E-state index in [-0.39, 0.29) is 0 Å². The summed E-state index contributed by atoms with van der Waals surface area (Å²) >= 11 is 5.76. The second-order valence-electron chi connectivity index (χ2n) is 2.48. The van der Waals surface area contributed by atoms with Gasteiger partial charge in [-0.3, -0.25) is 0 Å². The van der Waals surface area contributed by atoms with Crippen molar-refractivity contribution < 1.29 is 4.79 Å². The Morgan fingerprint density at radius 2 is 2.33 bits per heavy atom. The molecule has 0 saturated carbocycles. The van der Waals surface area contributed by atoms with E-state index in [2.05, 4.69) is 6.58 Å². The van der Waals surface area contributed by atoms with E-state index < -0.39 is 0 Å². The van der Waals surface area contributed by atoms with Crippen molar-refractivity contribution in [2.45, 2.75) is 6.42 Å². The van der Waals surface area contributed by atoms with Gasteiger partial charge in [-0.25, -0.2) is 0 Å². The number of hydrogen-bond donors (Lipinski definition) is 0. The van der Waals surface area contributed by atoms with Crippen molar-refractivity contribution in [1.29, 1.82) is 0 Å². The fraction of sp³-hybridized carbons (Fsp3) is 0.100. The van der Waals surface area contributed by atoms with E-state index in [1.54, 1.807) is 12.1 Å². The first kappa shape index (κ1) is 9.01. The van der Waals surface area contributed by atoms with Gasteiger partial charge in [0.15, 0.2) is 0 Å². The van der Waals surface area contributed by atoms with Crippen molar-refractivity contribution >= 4 is 23.5 Å². The van der Waals surface area contributed by atoms with Crippen LogP contribution in [0.25, 0.3) is 5.57 Å². The molecule has 12 heavy (non-hydrogen) atoms. The van der Waals surface area contributed by atoms with E-state index in [1.165, 1.54) is 0 Å². The average molecular weight is 181 g/mol. The summed E-state index contributed by atoms with van der Waals surface area (Å²) in [5, 5.41) is 0.666. The molecule has 0 unspecified atom stereocenters. The highest BCUT2D eigenvalue weighted by atomic mass is 35.5. The Balaban J connectivity index is 2.87. The highest BCUT2D eigenvalue weighted by Gasteiger charge is 1.97. The van der Waals surface area contributed by atoms with Crippen LogP contribution >= 0.6 is 11.6 Å². The van der Waals surface area contributed by atoms with Crippen molar-refractivity contribution in [2.75, 3.05) is 0 Å². The number of aldehydes is 1.